The number of benzene rings is 1. The second-order valence-corrected chi connectivity index (χ2v) is 6.92. The van der Waals surface area contributed by atoms with Gasteiger partial charge in [-0.15, -0.1) is 0 Å². The van der Waals surface area contributed by atoms with Crippen molar-refractivity contribution >= 4 is 21.9 Å². The smallest absolute Gasteiger partial charge is 0.321 e. The second kappa shape index (κ2) is 8.02. The van der Waals surface area contributed by atoms with E-state index < -0.39 is 33.6 Å². The minimum atomic E-state index is -4.00. The molecule has 0 saturated carbocycles. The summed E-state index contributed by atoms with van der Waals surface area (Å²) in [6, 6.07) is 3.78. The number of hydrogen-bond donors (Lipinski definition) is 2. The van der Waals surface area contributed by atoms with Crippen LogP contribution in [-0.2, 0) is 25.4 Å². The Labute approximate surface area is 134 Å². The average molecular weight is 346 g/mol. The first kappa shape index (κ1) is 19.0. The minimum absolute atomic E-state index is 0.0185. The van der Waals surface area contributed by atoms with Crippen LogP contribution in [0.3, 0.4) is 0 Å². The highest BCUT2D eigenvalue weighted by atomic mass is 32.2. The van der Waals surface area contributed by atoms with E-state index in [1.807, 2.05) is 0 Å². The van der Waals surface area contributed by atoms with Gasteiger partial charge in [-0.05, 0) is 24.6 Å². The Hall–Kier alpha value is -2.00. The summed E-state index contributed by atoms with van der Waals surface area (Å²) in [5.74, 6) is -2.76. The molecular weight excluding hydrogens is 327 g/mol. The molecule has 1 aromatic rings. The highest BCUT2D eigenvalue weighted by Crippen LogP contribution is 2.15. The molecular formula is C14H19FN2O5S. The summed E-state index contributed by atoms with van der Waals surface area (Å²) in [6.45, 7) is 2.30. The fourth-order valence-electron chi connectivity index (χ4n) is 1.96. The zero-order valence-corrected chi connectivity index (χ0v) is 13.6. The SMILES string of the molecule is CC(=O)NCCN(C(C)C(=O)O)S(=O)(=O)Cc1cccc(F)c1. The minimum Gasteiger partial charge on any atom is -0.480 e. The topological polar surface area (TPSA) is 104 Å². The molecule has 0 radical (unpaired) electrons. The molecule has 9 heteroatoms. The van der Waals surface area contributed by atoms with Crippen molar-refractivity contribution in [3.63, 3.8) is 0 Å². The molecule has 2 N–H and O–H groups in total. The highest BCUT2D eigenvalue weighted by molar-refractivity contribution is 7.88. The third kappa shape index (κ3) is 5.95. The highest BCUT2D eigenvalue weighted by Gasteiger charge is 2.31. The van der Waals surface area contributed by atoms with Crippen LogP contribution in [0.25, 0.3) is 0 Å². The van der Waals surface area contributed by atoms with Crippen LogP contribution in [0.15, 0.2) is 24.3 Å². The van der Waals surface area contributed by atoms with E-state index in [0.717, 1.165) is 10.4 Å². The van der Waals surface area contributed by atoms with Gasteiger partial charge in [-0.3, -0.25) is 9.59 Å². The second-order valence-electron chi connectivity index (χ2n) is 4.99. The van der Waals surface area contributed by atoms with Gasteiger partial charge in [-0.25, -0.2) is 12.8 Å². The van der Waals surface area contributed by atoms with Crippen molar-refractivity contribution in [2.24, 2.45) is 0 Å². The predicted molar refractivity (Wildman–Crippen MR) is 81.5 cm³/mol. The van der Waals surface area contributed by atoms with Gasteiger partial charge in [0.2, 0.25) is 15.9 Å². The van der Waals surface area contributed by atoms with Crippen LogP contribution < -0.4 is 5.32 Å². The standard InChI is InChI=1S/C14H19FN2O5S/c1-10(14(19)20)17(7-6-16-11(2)18)23(21,22)9-12-4-3-5-13(15)8-12/h3-5,8,10H,6-7,9H2,1-2H3,(H,16,18)(H,19,20). The molecule has 1 unspecified atom stereocenters. The van der Waals surface area contributed by atoms with Crippen molar-refractivity contribution in [2.45, 2.75) is 25.6 Å². The van der Waals surface area contributed by atoms with Gasteiger partial charge in [0.05, 0.1) is 5.75 Å². The molecule has 128 valence electrons. The third-order valence-electron chi connectivity index (χ3n) is 3.09. The van der Waals surface area contributed by atoms with Crippen LogP contribution in [0.4, 0.5) is 4.39 Å². The van der Waals surface area contributed by atoms with Crippen LogP contribution in [-0.4, -0.2) is 48.8 Å². The lowest BCUT2D eigenvalue weighted by atomic mass is 10.2. The summed E-state index contributed by atoms with van der Waals surface area (Å²) in [7, 11) is -4.00. The Morgan fingerprint density at radius 1 is 1.39 bits per heavy atom. The van der Waals surface area contributed by atoms with E-state index in [2.05, 4.69) is 5.32 Å². The van der Waals surface area contributed by atoms with Crippen LogP contribution >= 0.6 is 0 Å². The van der Waals surface area contributed by atoms with Crippen LogP contribution in [0, 0.1) is 5.82 Å². The number of aliphatic carboxylic acids is 1. The summed E-state index contributed by atoms with van der Waals surface area (Å²) in [5, 5.41) is 11.5. The number of sulfonamides is 1. The number of nitrogens with zero attached hydrogens (tertiary/aromatic N) is 1. The Morgan fingerprint density at radius 2 is 2.04 bits per heavy atom. The first-order chi connectivity index (χ1) is 10.6. The Bertz CT molecular complexity index is 678. The van der Waals surface area contributed by atoms with E-state index in [1.165, 1.54) is 32.0 Å². The molecule has 0 saturated heterocycles. The molecule has 1 atom stereocenters. The summed E-state index contributed by atoms with van der Waals surface area (Å²) in [4.78, 5) is 22.0. The van der Waals surface area contributed by atoms with Crippen molar-refractivity contribution in [3.8, 4) is 0 Å². The summed E-state index contributed by atoms with van der Waals surface area (Å²) in [6.07, 6.45) is 0. The van der Waals surface area contributed by atoms with E-state index >= 15 is 0 Å². The Balaban J connectivity index is 2.97. The number of nitrogens with one attached hydrogen (secondary N) is 1. The van der Waals surface area contributed by atoms with Gasteiger partial charge in [0.25, 0.3) is 0 Å². The maximum Gasteiger partial charge on any atom is 0.321 e. The van der Waals surface area contributed by atoms with Crippen molar-refractivity contribution in [1.29, 1.82) is 0 Å². The maximum atomic E-state index is 13.2. The molecule has 0 aromatic heterocycles. The molecule has 7 nitrogen and oxygen atoms in total. The number of carbonyl (C=O) groups is 2. The lowest BCUT2D eigenvalue weighted by Gasteiger charge is -2.25. The van der Waals surface area contributed by atoms with E-state index in [1.54, 1.807) is 0 Å². The number of hydrogen-bond acceptors (Lipinski definition) is 4. The van der Waals surface area contributed by atoms with Crippen LogP contribution in [0.5, 0.6) is 0 Å². The number of carboxylic acids is 1. The van der Waals surface area contributed by atoms with Gasteiger partial charge in [-0.2, -0.15) is 4.31 Å². The van der Waals surface area contributed by atoms with Gasteiger partial charge in [0.15, 0.2) is 0 Å². The van der Waals surface area contributed by atoms with Gasteiger partial charge >= 0.3 is 5.97 Å². The summed E-state index contributed by atoms with van der Waals surface area (Å²) >= 11 is 0. The van der Waals surface area contributed by atoms with Crippen molar-refractivity contribution in [1.82, 2.24) is 9.62 Å². The van der Waals surface area contributed by atoms with Gasteiger partial charge in [0.1, 0.15) is 11.9 Å². The van der Waals surface area contributed by atoms with E-state index in [-0.39, 0.29) is 24.6 Å². The number of carboxylic acid groups (broad SMARTS) is 1. The Morgan fingerprint density at radius 3 is 2.57 bits per heavy atom. The molecule has 0 spiro atoms. The van der Waals surface area contributed by atoms with Gasteiger partial charge < -0.3 is 10.4 Å². The maximum absolute atomic E-state index is 13.2. The number of amides is 1. The van der Waals surface area contributed by atoms with E-state index in [4.69, 9.17) is 5.11 Å². The average Bonchev–Trinajstić information content (AvgIpc) is 2.41. The first-order valence-electron chi connectivity index (χ1n) is 6.84. The molecule has 0 fully saturated rings. The van der Waals surface area contributed by atoms with Crippen molar-refractivity contribution < 1.29 is 27.5 Å². The largest absolute Gasteiger partial charge is 0.480 e. The first-order valence-corrected chi connectivity index (χ1v) is 8.45. The molecule has 1 aromatic carbocycles. The zero-order valence-electron chi connectivity index (χ0n) is 12.8. The van der Waals surface area contributed by atoms with Crippen LogP contribution in [0.2, 0.25) is 0 Å². The Kier molecular flexibility index (Phi) is 6.64. The monoisotopic (exact) mass is 346 g/mol. The molecule has 23 heavy (non-hydrogen) atoms. The van der Waals surface area contributed by atoms with Gasteiger partial charge in [0, 0.05) is 20.0 Å². The fraction of sp³-hybridized carbons (Fsp3) is 0.429. The van der Waals surface area contributed by atoms with E-state index in [9.17, 15) is 22.4 Å². The normalized spacial score (nSPS) is 12.9. The molecule has 0 heterocycles. The third-order valence-corrected chi connectivity index (χ3v) is 5.00. The van der Waals surface area contributed by atoms with Crippen molar-refractivity contribution in [2.75, 3.05) is 13.1 Å². The zero-order chi connectivity index (χ0) is 17.6. The van der Waals surface area contributed by atoms with Gasteiger partial charge in [-0.1, -0.05) is 12.1 Å². The molecule has 1 amide bonds. The molecule has 0 aliphatic heterocycles. The lowest BCUT2D eigenvalue weighted by molar-refractivity contribution is -0.140. The fourth-order valence-corrected chi connectivity index (χ4v) is 3.67. The van der Waals surface area contributed by atoms with E-state index in [0.29, 0.717) is 0 Å². The van der Waals surface area contributed by atoms with Crippen LogP contribution in [0.1, 0.15) is 19.4 Å². The number of rotatable bonds is 8. The summed E-state index contributed by atoms with van der Waals surface area (Å²) < 4.78 is 38.9. The number of carbonyl (C=O) groups excluding carboxylic acids is 1. The quantitative estimate of drug-likeness (QED) is 0.716. The summed E-state index contributed by atoms with van der Waals surface area (Å²) in [5.41, 5.74) is 0.215. The number of halogens is 1. The molecule has 0 aliphatic carbocycles. The molecule has 1 rings (SSSR count). The molecule has 0 bridgehead atoms. The predicted octanol–water partition coefficient (Wildman–Crippen LogP) is 0.567. The lowest BCUT2D eigenvalue weighted by Crippen LogP contribution is -2.47. The molecule has 0 aliphatic rings. The van der Waals surface area contributed by atoms with Crippen molar-refractivity contribution in [3.05, 3.63) is 35.6 Å².